The number of nitrogen functional groups attached to an aromatic ring is 1. The van der Waals surface area contributed by atoms with Crippen LogP contribution in [0.4, 0.5) is 11.5 Å². The van der Waals surface area contributed by atoms with Gasteiger partial charge >= 0.3 is 0 Å². The summed E-state index contributed by atoms with van der Waals surface area (Å²) in [6, 6.07) is 14.4. The molecule has 0 aliphatic rings. The first-order valence-electron chi connectivity index (χ1n) is 9.07. The molecule has 9 heteroatoms. The number of Topliss-reactive ketones (excluding diaryl/α,β-unsaturated/α-hetero) is 1. The number of anilines is 2. The number of nitrogens with one attached hydrogen (secondary N) is 2. The number of ketones is 1. The molecule has 0 spiro atoms. The van der Waals surface area contributed by atoms with Crippen LogP contribution in [0.25, 0.3) is 22.6 Å². The van der Waals surface area contributed by atoms with E-state index in [1.54, 1.807) is 28.8 Å². The fourth-order valence-electron chi connectivity index (χ4n) is 3.03. The van der Waals surface area contributed by atoms with E-state index < -0.39 is 0 Å². The molecular weight excluding hydrogens is 370 g/mol. The SMILES string of the molecule is N=CCCNc1nonc1-c1nc2ccccc2n1CC(=O)c1ccc(N)cc1. The minimum absolute atomic E-state index is 0.0760. The van der Waals surface area contributed by atoms with Crippen LogP contribution in [-0.4, -0.2) is 38.4 Å². The first-order valence-corrected chi connectivity index (χ1v) is 9.07. The molecule has 0 radical (unpaired) electrons. The van der Waals surface area contributed by atoms with Crippen LogP contribution in [0.1, 0.15) is 16.8 Å². The van der Waals surface area contributed by atoms with Crippen molar-refractivity contribution in [3.63, 3.8) is 0 Å². The Labute approximate surface area is 166 Å². The quantitative estimate of drug-likeness (QED) is 0.182. The Morgan fingerprint density at radius 2 is 1.97 bits per heavy atom. The molecule has 0 saturated carbocycles. The molecule has 0 bridgehead atoms. The fraction of sp³-hybridized carbons (Fsp3) is 0.150. The van der Waals surface area contributed by atoms with Crippen molar-refractivity contribution < 1.29 is 9.42 Å². The number of nitrogens with two attached hydrogens (primary N) is 1. The number of benzene rings is 2. The van der Waals surface area contributed by atoms with E-state index in [4.69, 9.17) is 15.8 Å². The van der Waals surface area contributed by atoms with Crippen molar-refractivity contribution in [2.45, 2.75) is 13.0 Å². The number of para-hydroxylation sites is 2. The number of aromatic nitrogens is 4. The number of rotatable bonds is 8. The monoisotopic (exact) mass is 389 g/mol. The van der Waals surface area contributed by atoms with Gasteiger partial charge in [0.1, 0.15) is 0 Å². The average Bonchev–Trinajstić information content (AvgIpc) is 3.33. The van der Waals surface area contributed by atoms with Crippen LogP contribution in [0, 0.1) is 5.41 Å². The van der Waals surface area contributed by atoms with Gasteiger partial charge in [-0.3, -0.25) is 4.79 Å². The van der Waals surface area contributed by atoms with Crippen LogP contribution < -0.4 is 11.1 Å². The topological polar surface area (TPSA) is 136 Å². The van der Waals surface area contributed by atoms with Gasteiger partial charge in [0, 0.05) is 17.8 Å². The van der Waals surface area contributed by atoms with Gasteiger partial charge in [-0.1, -0.05) is 12.1 Å². The minimum Gasteiger partial charge on any atom is -0.399 e. The van der Waals surface area contributed by atoms with Gasteiger partial charge in [-0.05, 0) is 59.3 Å². The number of imidazole rings is 1. The summed E-state index contributed by atoms with van der Waals surface area (Å²) in [6.07, 6.45) is 1.85. The summed E-state index contributed by atoms with van der Waals surface area (Å²) < 4.78 is 6.71. The molecule has 9 nitrogen and oxygen atoms in total. The van der Waals surface area contributed by atoms with Gasteiger partial charge in [0.15, 0.2) is 17.3 Å². The van der Waals surface area contributed by atoms with E-state index in [9.17, 15) is 4.79 Å². The third kappa shape index (κ3) is 3.70. The van der Waals surface area contributed by atoms with Gasteiger partial charge in [-0.15, -0.1) is 0 Å². The van der Waals surface area contributed by atoms with Crippen LogP contribution >= 0.6 is 0 Å². The van der Waals surface area contributed by atoms with E-state index in [1.807, 2.05) is 24.3 Å². The Hall–Kier alpha value is -4.01. The second-order valence-electron chi connectivity index (χ2n) is 6.44. The second-order valence-corrected chi connectivity index (χ2v) is 6.44. The summed E-state index contributed by atoms with van der Waals surface area (Å²) in [7, 11) is 0. The third-order valence-electron chi connectivity index (χ3n) is 4.47. The molecule has 0 saturated heterocycles. The number of hydrogen-bond acceptors (Lipinski definition) is 8. The molecule has 0 aliphatic heterocycles. The predicted molar refractivity (Wildman–Crippen MR) is 110 cm³/mol. The van der Waals surface area contributed by atoms with Crippen molar-refractivity contribution in [1.29, 1.82) is 5.41 Å². The zero-order valence-electron chi connectivity index (χ0n) is 15.5. The van der Waals surface area contributed by atoms with E-state index >= 15 is 0 Å². The highest BCUT2D eigenvalue weighted by Gasteiger charge is 2.22. The standard InChI is InChI=1S/C20H19N7O2/c21-10-3-11-23-19-18(25-29-26-19)20-24-15-4-1-2-5-16(15)27(20)12-17(28)13-6-8-14(22)9-7-13/h1-2,4-10,21H,3,11-12,22H2,(H,23,26). The lowest BCUT2D eigenvalue weighted by molar-refractivity contribution is 0.0974. The van der Waals surface area contributed by atoms with E-state index in [-0.39, 0.29) is 12.3 Å². The van der Waals surface area contributed by atoms with Gasteiger partial charge in [-0.25, -0.2) is 9.61 Å². The molecular formula is C20H19N7O2. The lowest BCUT2D eigenvalue weighted by Gasteiger charge is -2.08. The molecule has 0 atom stereocenters. The van der Waals surface area contributed by atoms with Gasteiger partial charge in [0.2, 0.25) is 5.82 Å². The first kappa shape index (κ1) is 18.4. The number of fused-ring (bicyclic) bond motifs is 1. The summed E-state index contributed by atoms with van der Waals surface area (Å²) in [6.45, 7) is 0.585. The van der Waals surface area contributed by atoms with E-state index in [0.29, 0.717) is 41.6 Å². The van der Waals surface area contributed by atoms with Gasteiger partial charge in [-0.2, -0.15) is 0 Å². The van der Waals surface area contributed by atoms with Gasteiger partial charge < -0.3 is 21.0 Å². The molecule has 0 unspecified atom stereocenters. The highest BCUT2D eigenvalue weighted by Crippen LogP contribution is 2.28. The molecule has 2 heterocycles. The van der Waals surface area contributed by atoms with Crippen molar-refractivity contribution in [2.24, 2.45) is 0 Å². The molecule has 0 aliphatic carbocycles. The molecule has 0 fully saturated rings. The van der Waals surface area contributed by atoms with Crippen LogP contribution in [-0.2, 0) is 6.54 Å². The van der Waals surface area contributed by atoms with Crippen LogP contribution in [0.2, 0.25) is 0 Å². The summed E-state index contributed by atoms with van der Waals surface area (Å²) in [5, 5.41) is 18.1. The van der Waals surface area contributed by atoms with E-state index in [0.717, 1.165) is 11.0 Å². The summed E-state index contributed by atoms with van der Waals surface area (Å²) in [5.41, 5.74) is 8.84. The summed E-state index contributed by atoms with van der Waals surface area (Å²) >= 11 is 0. The molecule has 4 N–H and O–H groups in total. The fourth-order valence-corrected chi connectivity index (χ4v) is 3.03. The molecule has 2 aromatic heterocycles. The van der Waals surface area contributed by atoms with Crippen LogP contribution in [0.5, 0.6) is 0 Å². The number of carbonyl (C=O) groups is 1. The normalized spacial score (nSPS) is 10.9. The molecule has 2 aromatic carbocycles. The second kappa shape index (κ2) is 7.93. The maximum atomic E-state index is 12.9. The Balaban J connectivity index is 1.74. The van der Waals surface area contributed by atoms with Crippen LogP contribution in [0.3, 0.4) is 0 Å². The van der Waals surface area contributed by atoms with E-state index in [1.165, 1.54) is 6.21 Å². The lowest BCUT2D eigenvalue weighted by Crippen LogP contribution is -2.12. The molecule has 146 valence electrons. The Morgan fingerprint density at radius 3 is 2.76 bits per heavy atom. The lowest BCUT2D eigenvalue weighted by atomic mass is 10.1. The van der Waals surface area contributed by atoms with Crippen molar-refractivity contribution >= 4 is 34.5 Å². The van der Waals surface area contributed by atoms with Crippen LogP contribution in [0.15, 0.2) is 53.2 Å². The van der Waals surface area contributed by atoms with Gasteiger partial charge in [0.25, 0.3) is 0 Å². The smallest absolute Gasteiger partial charge is 0.202 e. The van der Waals surface area contributed by atoms with Crippen molar-refractivity contribution in [3.8, 4) is 11.5 Å². The third-order valence-corrected chi connectivity index (χ3v) is 4.47. The first-order chi connectivity index (χ1) is 14.2. The molecule has 4 aromatic rings. The minimum atomic E-state index is -0.0795. The molecule has 0 amide bonds. The predicted octanol–water partition coefficient (Wildman–Crippen LogP) is 3.00. The largest absolute Gasteiger partial charge is 0.399 e. The summed E-state index contributed by atoms with van der Waals surface area (Å²) in [5.74, 6) is 0.820. The summed E-state index contributed by atoms with van der Waals surface area (Å²) in [4.78, 5) is 17.5. The highest BCUT2D eigenvalue weighted by atomic mass is 16.6. The Bertz CT molecular complexity index is 1160. The van der Waals surface area contributed by atoms with E-state index in [2.05, 4.69) is 20.6 Å². The number of hydrogen-bond donors (Lipinski definition) is 3. The average molecular weight is 389 g/mol. The highest BCUT2D eigenvalue weighted by molar-refractivity contribution is 5.97. The zero-order chi connectivity index (χ0) is 20.2. The zero-order valence-corrected chi connectivity index (χ0v) is 15.5. The maximum Gasteiger partial charge on any atom is 0.202 e. The van der Waals surface area contributed by atoms with Gasteiger partial charge in [0.05, 0.1) is 17.6 Å². The van der Waals surface area contributed by atoms with Crippen molar-refractivity contribution in [2.75, 3.05) is 17.6 Å². The maximum absolute atomic E-state index is 12.9. The van der Waals surface area contributed by atoms with Crippen molar-refractivity contribution in [3.05, 3.63) is 54.1 Å². The molecule has 29 heavy (non-hydrogen) atoms. The number of nitrogens with zero attached hydrogens (tertiary/aromatic N) is 4. The molecule has 4 rings (SSSR count). The number of carbonyl (C=O) groups excluding carboxylic acids is 1. The van der Waals surface area contributed by atoms with Crippen molar-refractivity contribution in [1.82, 2.24) is 19.9 Å². The Kier molecular flexibility index (Phi) is 5.02. The Morgan fingerprint density at radius 1 is 1.17 bits per heavy atom.